The van der Waals surface area contributed by atoms with E-state index >= 15 is 0 Å². The van der Waals surface area contributed by atoms with Crippen LogP contribution in [-0.2, 0) is 4.79 Å². The molecule has 0 unspecified atom stereocenters. The summed E-state index contributed by atoms with van der Waals surface area (Å²) in [6.07, 6.45) is 0. The molecule has 6 heteroatoms. The molecule has 0 saturated heterocycles. The molecule has 80 valence electrons. The molecule has 5 nitrogen and oxygen atoms in total. The second kappa shape index (κ2) is 4.65. The number of carbonyl (C=O) groups is 2. The van der Waals surface area contributed by atoms with Crippen LogP contribution >= 0.6 is 11.6 Å². The lowest BCUT2D eigenvalue weighted by Gasteiger charge is -2.05. The molecule has 0 aromatic heterocycles. The Labute approximate surface area is 91.4 Å². The van der Waals surface area contributed by atoms with Gasteiger partial charge in [0.05, 0.1) is 17.1 Å². The van der Waals surface area contributed by atoms with Crippen LogP contribution in [0.5, 0.6) is 0 Å². The van der Waals surface area contributed by atoms with E-state index in [0.717, 1.165) is 0 Å². The average Bonchev–Trinajstić information content (AvgIpc) is 2.18. The molecular weight excluding hydrogens is 218 g/mol. The number of primary amides is 1. The van der Waals surface area contributed by atoms with Crippen molar-refractivity contribution in [3.63, 3.8) is 0 Å². The summed E-state index contributed by atoms with van der Waals surface area (Å²) in [5.74, 6) is -1.10. The van der Waals surface area contributed by atoms with Gasteiger partial charge >= 0.3 is 0 Å². The monoisotopic (exact) mass is 227 g/mol. The summed E-state index contributed by atoms with van der Waals surface area (Å²) in [6.45, 7) is -0.232. The van der Waals surface area contributed by atoms with E-state index < -0.39 is 11.8 Å². The number of nitrogens with two attached hydrogens (primary N) is 2. The summed E-state index contributed by atoms with van der Waals surface area (Å²) in [6, 6.07) is 4.52. The number of hydrogen-bond acceptors (Lipinski definition) is 3. The first kappa shape index (κ1) is 11.3. The smallest absolute Gasteiger partial charge is 0.253 e. The Hall–Kier alpha value is -1.75. The number of benzene rings is 1. The predicted octanol–water partition coefficient (Wildman–Crippen LogP) is 0.137. The molecule has 0 aliphatic heterocycles. The van der Waals surface area contributed by atoms with Gasteiger partial charge in [0.2, 0.25) is 5.91 Å². The summed E-state index contributed by atoms with van der Waals surface area (Å²) in [7, 11) is 0. The van der Waals surface area contributed by atoms with E-state index in [0.29, 0.717) is 5.69 Å². The SMILES string of the molecule is NC(=O)CNC(=O)c1cc(N)ccc1Cl. The number of anilines is 1. The normalized spacial score (nSPS) is 9.67. The van der Waals surface area contributed by atoms with Gasteiger partial charge in [0.1, 0.15) is 0 Å². The van der Waals surface area contributed by atoms with Crippen LogP contribution in [0.4, 0.5) is 5.69 Å². The number of hydrogen-bond donors (Lipinski definition) is 3. The van der Waals surface area contributed by atoms with Crippen LogP contribution in [0.2, 0.25) is 5.02 Å². The highest BCUT2D eigenvalue weighted by molar-refractivity contribution is 6.34. The highest BCUT2D eigenvalue weighted by atomic mass is 35.5. The first-order valence-corrected chi connectivity index (χ1v) is 4.50. The summed E-state index contributed by atoms with van der Waals surface area (Å²) in [5.41, 5.74) is 11.0. The molecule has 0 aliphatic carbocycles. The molecule has 0 radical (unpaired) electrons. The van der Waals surface area contributed by atoms with Crippen LogP contribution in [-0.4, -0.2) is 18.4 Å². The van der Waals surface area contributed by atoms with E-state index in [1.165, 1.54) is 12.1 Å². The summed E-state index contributed by atoms with van der Waals surface area (Å²) >= 11 is 5.77. The zero-order valence-electron chi connectivity index (χ0n) is 7.79. The summed E-state index contributed by atoms with van der Waals surface area (Å²) in [5, 5.41) is 2.58. The van der Waals surface area contributed by atoms with Crippen molar-refractivity contribution in [1.29, 1.82) is 0 Å². The van der Waals surface area contributed by atoms with Gasteiger partial charge in [-0.05, 0) is 18.2 Å². The van der Waals surface area contributed by atoms with E-state index in [4.69, 9.17) is 23.1 Å². The van der Waals surface area contributed by atoms with Crippen molar-refractivity contribution < 1.29 is 9.59 Å². The second-order valence-corrected chi connectivity index (χ2v) is 3.30. The van der Waals surface area contributed by atoms with E-state index in [-0.39, 0.29) is 17.1 Å². The highest BCUT2D eigenvalue weighted by Gasteiger charge is 2.10. The molecule has 0 heterocycles. The minimum absolute atomic E-state index is 0.220. The molecule has 0 aliphatic rings. The zero-order chi connectivity index (χ0) is 11.4. The number of nitrogen functional groups attached to an aromatic ring is 1. The Morgan fingerprint density at radius 3 is 2.67 bits per heavy atom. The topological polar surface area (TPSA) is 98.2 Å². The quantitative estimate of drug-likeness (QED) is 0.641. The Morgan fingerprint density at radius 1 is 1.40 bits per heavy atom. The van der Waals surface area contributed by atoms with Gasteiger partial charge in [0.15, 0.2) is 0 Å². The fourth-order valence-corrected chi connectivity index (χ4v) is 1.18. The Morgan fingerprint density at radius 2 is 2.07 bits per heavy atom. The average molecular weight is 228 g/mol. The van der Waals surface area contributed by atoms with Crippen LogP contribution in [0.15, 0.2) is 18.2 Å². The van der Waals surface area contributed by atoms with Gasteiger partial charge in [-0.1, -0.05) is 11.6 Å². The van der Waals surface area contributed by atoms with Gasteiger partial charge < -0.3 is 16.8 Å². The lowest BCUT2D eigenvalue weighted by Crippen LogP contribution is -2.33. The van der Waals surface area contributed by atoms with Gasteiger partial charge in [-0.15, -0.1) is 0 Å². The molecule has 1 aromatic carbocycles. The number of amides is 2. The second-order valence-electron chi connectivity index (χ2n) is 2.89. The van der Waals surface area contributed by atoms with Crippen LogP contribution in [0, 0.1) is 0 Å². The predicted molar refractivity (Wildman–Crippen MR) is 57.4 cm³/mol. The Kier molecular flexibility index (Phi) is 3.51. The number of carbonyl (C=O) groups excluding carboxylic acids is 2. The molecule has 0 spiro atoms. The maximum atomic E-state index is 11.5. The maximum Gasteiger partial charge on any atom is 0.253 e. The first-order valence-electron chi connectivity index (χ1n) is 4.12. The largest absolute Gasteiger partial charge is 0.399 e. The van der Waals surface area contributed by atoms with Crippen LogP contribution in [0.25, 0.3) is 0 Å². The number of halogens is 1. The Bertz CT molecular complexity index is 406. The van der Waals surface area contributed by atoms with Crippen molar-refractivity contribution in [2.75, 3.05) is 12.3 Å². The zero-order valence-corrected chi connectivity index (χ0v) is 8.54. The molecule has 0 saturated carbocycles. The van der Waals surface area contributed by atoms with Crippen LogP contribution in [0.1, 0.15) is 10.4 Å². The minimum Gasteiger partial charge on any atom is -0.399 e. The molecule has 0 fully saturated rings. The van der Waals surface area contributed by atoms with E-state index in [2.05, 4.69) is 5.32 Å². The third-order valence-corrected chi connectivity index (χ3v) is 1.99. The molecule has 2 amide bonds. The third kappa shape index (κ3) is 3.14. The maximum absolute atomic E-state index is 11.5. The van der Waals surface area contributed by atoms with Gasteiger partial charge in [-0.3, -0.25) is 9.59 Å². The third-order valence-electron chi connectivity index (χ3n) is 1.66. The highest BCUT2D eigenvalue weighted by Crippen LogP contribution is 2.18. The van der Waals surface area contributed by atoms with Gasteiger partial charge in [-0.25, -0.2) is 0 Å². The van der Waals surface area contributed by atoms with Crippen LogP contribution in [0.3, 0.4) is 0 Å². The minimum atomic E-state index is -0.622. The van der Waals surface area contributed by atoms with E-state index in [1.807, 2.05) is 0 Å². The van der Waals surface area contributed by atoms with Crippen molar-refractivity contribution >= 4 is 29.1 Å². The molecular formula is C9H10ClN3O2. The first-order chi connectivity index (χ1) is 7.00. The van der Waals surface area contributed by atoms with E-state index in [9.17, 15) is 9.59 Å². The summed E-state index contributed by atoms with van der Waals surface area (Å²) in [4.78, 5) is 21.9. The molecule has 0 atom stereocenters. The molecule has 15 heavy (non-hydrogen) atoms. The number of rotatable bonds is 3. The van der Waals surface area contributed by atoms with Crippen molar-refractivity contribution in [2.45, 2.75) is 0 Å². The molecule has 1 rings (SSSR count). The van der Waals surface area contributed by atoms with Gasteiger partial charge in [0.25, 0.3) is 5.91 Å². The summed E-state index contributed by atoms with van der Waals surface area (Å²) < 4.78 is 0. The molecule has 1 aromatic rings. The van der Waals surface area contributed by atoms with Gasteiger partial charge in [0, 0.05) is 5.69 Å². The van der Waals surface area contributed by atoms with Crippen LogP contribution < -0.4 is 16.8 Å². The molecule has 5 N–H and O–H groups in total. The van der Waals surface area contributed by atoms with Crippen molar-refractivity contribution in [3.8, 4) is 0 Å². The fraction of sp³-hybridized carbons (Fsp3) is 0.111. The lowest BCUT2D eigenvalue weighted by atomic mass is 10.2. The fourth-order valence-electron chi connectivity index (χ4n) is 0.980. The Balaban J connectivity index is 2.81. The van der Waals surface area contributed by atoms with Crippen molar-refractivity contribution in [1.82, 2.24) is 5.32 Å². The van der Waals surface area contributed by atoms with Crippen molar-refractivity contribution in [3.05, 3.63) is 28.8 Å². The standard InChI is InChI=1S/C9H10ClN3O2/c10-7-2-1-5(11)3-6(7)9(15)13-4-8(12)14/h1-3H,4,11H2,(H2,12,14)(H,13,15). The molecule has 0 bridgehead atoms. The van der Waals surface area contributed by atoms with Gasteiger partial charge in [-0.2, -0.15) is 0 Å². The van der Waals surface area contributed by atoms with E-state index in [1.54, 1.807) is 6.07 Å². The lowest BCUT2D eigenvalue weighted by molar-refractivity contribution is -0.117. The number of nitrogens with one attached hydrogen (secondary N) is 1. The van der Waals surface area contributed by atoms with Crippen molar-refractivity contribution in [2.24, 2.45) is 5.73 Å².